The lowest BCUT2D eigenvalue weighted by molar-refractivity contribution is -0.143. The number of esters is 1. The van der Waals surface area contributed by atoms with Crippen LogP contribution in [0.4, 0.5) is 0 Å². The smallest absolute Gasteiger partial charge is 0.305 e. The quantitative estimate of drug-likeness (QED) is 0.0320. The lowest BCUT2D eigenvalue weighted by atomic mass is 10.0. The zero-order valence-electron chi connectivity index (χ0n) is 61.9. The van der Waals surface area contributed by atoms with Crippen molar-refractivity contribution in [3.05, 3.63) is 36.5 Å². The van der Waals surface area contributed by atoms with Crippen molar-refractivity contribution in [1.29, 1.82) is 0 Å². The van der Waals surface area contributed by atoms with Crippen LogP contribution in [0.1, 0.15) is 470 Å². The predicted octanol–water partition coefficient (Wildman–Crippen LogP) is 27.8. The van der Waals surface area contributed by atoms with Crippen molar-refractivity contribution >= 4 is 11.9 Å². The number of carbonyl (C=O) groups excluding carboxylic acids is 2. The highest BCUT2D eigenvalue weighted by Crippen LogP contribution is 2.20. The first-order chi connectivity index (χ1) is 45.0. The minimum Gasteiger partial charge on any atom is -0.466 e. The highest BCUT2D eigenvalue weighted by molar-refractivity contribution is 5.76. The lowest BCUT2D eigenvalue weighted by Crippen LogP contribution is -2.45. The number of nitrogens with one attached hydrogen (secondary N) is 1. The fraction of sp³-hybridized carbons (Fsp3) is 0.906. The van der Waals surface area contributed by atoms with E-state index in [2.05, 4.69) is 55.6 Å². The van der Waals surface area contributed by atoms with Gasteiger partial charge in [-0.25, -0.2) is 0 Å². The molecule has 0 aliphatic rings. The van der Waals surface area contributed by atoms with Gasteiger partial charge in [-0.2, -0.15) is 0 Å². The molecule has 6 nitrogen and oxygen atoms in total. The van der Waals surface area contributed by atoms with Crippen LogP contribution in [-0.4, -0.2) is 47.4 Å². The van der Waals surface area contributed by atoms with Gasteiger partial charge in [-0.05, 0) is 83.5 Å². The molecule has 91 heavy (non-hydrogen) atoms. The number of hydrogen-bond acceptors (Lipinski definition) is 5. The van der Waals surface area contributed by atoms with Crippen LogP contribution < -0.4 is 5.32 Å². The van der Waals surface area contributed by atoms with E-state index in [0.29, 0.717) is 25.9 Å². The summed E-state index contributed by atoms with van der Waals surface area (Å²) in [6, 6.07) is -0.540. The maximum absolute atomic E-state index is 12.6. The summed E-state index contributed by atoms with van der Waals surface area (Å²) < 4.78 is 5.50. The van der Waals surface area contributed by atoms with Crippen LogP contribution in [0.15, 0.2) is 36.5 Å². The Hall–Kier alpha value is -1.92. The summed E-state index contributed by atoms with van der Waals surface area (Å²) in [5, 5.41) is 23.5. The minimum absolute atomic E-state index is 0.00870. The first-order valence-corrected chi connectivity index (χ1v) is 41.7. The van der Waals surface area contributed by atoms with Gasteiger partial charge in [0.1, 0.15) is 0 Å². The number of aliphatic hydroxyl groups is 2. The minimum atomic E-state index is -0.663. The van der Waals surface area contributed by atoms with Gasteiger partial charge in [-0.1, -0.05) is 410 Å². The molecule has 0 rings (SSSR count). The van der Waals surface area contributed by atoms with E-state index in [1.807, 2.05) is 0 Å². The molecule has 2 unspecified atom stereocenters. The van der Waals surface area contributed by atoms with Crippen molar-refractivity contribution in [3.8, 4) is 0 Å². The van der Waals surface area contributed by atoms with Crippen LogP contribution >= 0.6 is 0 Å². The standard InChI is InChI=1S/C85H163NO5/c1-3-5-7-9-11-13-15-17-19-21-22-40-43-46-49-53-57-61-65-69-73-77-83(88)82(81-87)86-84(89)78-74-70-66-62-58-54-50-47-44-41-38-36-34-32-30-28-26-24-23-25-27-29-31-33-35-37-39-42-45-48-52-56-60-64-68-72-76-80-91-85(90)79-75-71-67-63-59-55-51-20-18-16-14-12-10-8-6-4-2/h14,16,20,23,25,51,82-83,87-88H,3-13,15,17-19,21-22,24,26-50,52-81H2,1-2H3,(H,86,89)/b16-14-,25-23-,51-20-. The molecule has 0 aromatic rings. The van der Waals surface area contributed by atoms with Crippen molar-refractivity contribution in [3.63, 3.8) is 0 Å². The number of ether oxygens (including phenoxy) is 1. The second-order valence-corrected chi connectivity index (χ2v) is 28.8. The van der Waals surface area contributed by atoms with E-state index in [-0.39, 0.29) is 18.5 Å². The second-order valence-electron chi connectivity index (χ2n) is 28.8. The molecule has 0 aromatic heterocycles. The lowest BCUT2D eigenvalue weighted by Gasteiger charge is -2.22. The van der Waals surface area contributed by atoms with E-state index in [1.165, 1.54) is 385 Å². The number of unbranched alkanes of at least 4 members (excludes halogenated alkanes) is 62. The van der Waals surface area contributed by atoms with Gasteiger partial charge in [0.15, 0.2) is 0 Å². The van der Waals surface area contributed by atoms with Crippen LogP contribution in [0.5, 0.6) is 0 Å². The molecule has 0 heterocycles. The van der Waals surface area contributed by atoms with Gasteiger partial charge in [0.05, 0.1) is 25.4 Å². The Morgan fingerprint density at radius 3 is 0.857 bits per heavy atom. The van der Waals surface area contributed by atoms with Crippen molar-refractivity contribution in [2.75, 3.05) is 13.2 Å². The molecule has 1 amide bonds. The molecule has 2 atom stereocenters. The largest absolute Gasteiger partial charge is 0.466 e. The zero-order chi connectivity index (χ0) is 65.6. The van der Waals surface area contributed by atoms with E-state index >= 15 is 0 Å². The summed E-state index contributed by atoms with van der Waals surface area (Å²) in [7, 11) is 0. The summed E-state index contributed by atoms with van der Waals surface area (Å²) in [5.41, 5.74) is 0. The van der Waals surface area contributed by atoms with Crippen molar-refractivity contribution in [2.24, 2.45) is 0 Å². The molecule has 0 saturated heterocycles. The van der Waals surface area contributed by atoms with Crippen molar-refractivity contribution < 1.29 is 24.5 Å². The summed E-state index contributed by atoms with van der Waals surface area (Å²) in [5.74, 6) is -0.0170. The van der Waals surface area contributed by atoms with Gasteiger partial charge >= 0.3 is 5.97 Å². The molecule has 0 aromatic carbocycles. The Morgan fingerprint density at radius 2 is 0.549 bits per heavy atom. The molecule has 0 radical (unpaired) electrons. The Kier molecular flexibility index (Phi) is 78.8. The number of carbonyl (C=O) groups is 2. The molecule has 538 valence electrons. The molecule has 0 bridgehead atoms. The number of hydrogen-bond donors (Lipinski definition) is 3. The number of allylic oxidation sites excluding steroid dienone is 6. The van der Waals surface area contributed by atoms with E-state index < -0.39 is 12.1 Å². The summed E-state index contributed by atoms with van der Waals surface area (Å²) in [6.07, 6.45) is 105. The Bertz CT molecular complexity index is 1470. The summed E-state index contributed by atoms with van der Waals surface area (Å²) in [6.45, 7) is 4.98. The van der Waals surface area contributed by atoms with E-state index in [0.717, 1.165) is 51.4 Å². The third-order valence-corrected chi connectivity index (χ3v) is 19.7. The van der Waals surface area contributed by atoms with Gasteiger partial charge in [-0.15, -0.1) is 0 Å². The van der Waals surface area contributed by atoms with Gasteiger partial charge in [0, 0.05) is 12.8 Å². The Balaban J connectivity index is 3.34. The highest BCUT2D eigenvalue weighted by Gasteiger charge is 2.20. The van der Waals surface area contributed by atoms with Gasteiger partial charge in [0.25, 0.3) is 0 Å². The van der Waals surface area contributed by atoms with Crippen molar-refractivity contribution in [1.82, 2.24) is 5.32 Å². The summed E-state index contributed by atoms with van der Waals surface area (Å²) >= 11 is 0. The molecular formula is C85H163NO5. The second kappa shape index (κ2) is 80.5. The Labute approximate surface area is 570 Å². The molecule has 0 saturated carbocycles. The van der Waals surface area contributed by atoms with Gasteiger partial charge < -0.3 is 20.3 Å². The third-order valence-electron chi connectivity index (χ3n) is 19.7. The van der Waals surface area contributed by atoms with Crippen LogP contribution in [0.3, 0.4) is 0 Å². The maximum atomic E-state index is 12.6. The third kappa shape index (κ3) is 77.0. The van der Waals surface area contributed by atoms with E-state index in [1.54, 1.807) is 0 Å². The normalized spacial score (nSPS) is 12.6. The number of rotatable bonds is 79. The van der Waals surface area contributed by atoms with Crippen LogP contribution in [0.2, 0.25) is 0 Å². The molecule has 0 spiro atoms. The molecular weight excluding hydrogens is 1110 g/mol. The maximum Gasteiger partial charge on any atom is 0.305 e. The predicted molar refractivity (Wildman–Crippen MR) is 403 cm³/mol. The average molecular weight is 1280 g/mol. The van der Waals surface area contributed by atoms with Crippen LogP contribution in [0, 0.1) is 0 Å². The van der Waals surface area contributed by atoms with Gasteiger partial charge in [-0.3, -0.25) is 9.59 Å². The summed E-state index contributed by atoms with van der Waals surface area (Å²) in [4.78, 5) is 24.7. The van der Waals surface area contributed by atoms with Crippen molar-refractivity contribution in [2.45, 2.75) is 482 Å². The van der Waals surface area contributed by atoms with E-state index in [9.17, 15) is 19.8 Å². The van der Waals surface area contributed by atoms with Crippen LogP contribution in [-0.2, 0) is 14.3 Å². The first-order valence-electron chi connectivity index (χ1n) is 41.7. The first kappa shape index (κ1) is 89.1. The molecule has 6 heteroatoms. The monoisotopic (exact) mass is 1280 g/mol. The van der Waals surface area contributed by atoms with Gasteiger partial charge in [0.2, 0.25) is 5.91 Å². The fourth-order valence-corrected chi connectivity index (χ4v) is 13.3. The topological polar surface area (TPSA) is 95.9 Å². The van der Waals surface area contributed by atoms with E-state index in [4.69, 9.17) is 4.74 Å². The Morgan fingerprint density at radius 1 is 0.308 bits per heavy atom. The fourth-order valence-electron chi connectivity index (χ4n) is 13.3. The SMILES string of the molecule is CCCCCC/C=C\C/C=C\CCCCCCCC(=O)OCCCCCCCCCCCCCCCCCC/C=C\CCCCCCCCCCCCCCCCCCCC(=O)NC(CO)C(O)CCCCCCCCCCCCCCCCCCCCCCC. The zero-order valence-corrected chi connectivity index (χ0v) is 61.9. The number of aliphatic hydroxyl groups excluding tert-OH is 2. The average Bonchev–Trinajstić information content (AvgIpc) is 3.66. The molecule has 3 N–H and O–H groups in total. The highest BCUT2D eigenvalue weighted by atomic mass is 16.5. The van der Waals surface area contributed by atoms with Crippen LogP contribution in [0.25, 0.3) is 0 Å². The molecule has 0 fully saturated rings. The number of amides is 1. The molecule has 0 aliphatic heterocycles. The molecule has 0 aliphatic carbocycles.